The summed E-state index contributed by atoms with van der Waals surface area (Å²) in [5, 5.41) is 0. The zero-order chi connectivity index (χ0) is 16.7. The van der Waals surface area contributed by atoms with Gasteiger partial charge in [0.15, 0.2) is 0 Å². The molecule has 0 radical (unpaired) electrons. The van der Waals surface area contributed by atoms with Crippen LogP contribution in [0.1, 0.15) is 63.8 Å². The van der Waals surface area contributed by atoms with E-state index >= 15 is 0 Å². The van der Waals surface area contributed by atoms with Gasteiger partial charge in [0.25, 0.3) is 0 Å². The van der Waals surface area contributed by atoms with Crippen molar-refractivity contribution < 1.29 is 0 Å². The monoisotopic (exact) mass is 294 g/mol. The zero-order valence-corrected chi connectivity index (χ0v) is 15.5. The summed E-state index contributed by atoms with van der Waals surface area (Å²) in [4.78, 5) is 0. The first-order chi connectivity index (χ1) is 10.00. The van der Waals surface area contributed by atoms with E-state index in [0.29, 0.717) is 0 Å². The molecule has 0 atom stereocenters. The summed E-state index contributed by atoms with van der Waals surface area (Å²) in [6.07, 6.45) is 0. The van der Waals surface area contributed by atoms with Gasteiger partial charge in [-0.2, -0.15) is 0 Å². The molecule has 22 heavy (non-hydrogen) atoms. The Morgan fingerprint density at radius 2 is 1.32 bits per heavy atom. The van der Waals surface area contributed by atoms with E-state index in [4.69, 9.17) is 0 Å². The highest BCUT2D eigenvalue weighted by Crippen LogP contribution is 2.41. The molecule has 0 aliphatic rings. The maximum atomic E-state index is 2.37. The molecule has 0 nitrogen and oxygen atoms in total. The summed E-state index contributed by atoms with van der Waals surface area (Å²) in [5.41, 5.74) is 8.60. The van der Waals surface area contributed by atoms with E-state index in [1.54, 1.807) is 0 Å². The summed E-state index contributed by atoms with van der Waals surface area (Å²) < 4.78 is 0. The fourth-order valence-electron chi connectivity index (χ4n) is 3.23. The van der Waals surface area contributed by atoms with E-state index in [2.05, 4.69) is 91.8 Å². The summed E-state index contributed by atoms with van der Waals surface area (Å²) in [6, 6.07) is 13.6. The smallest absolute Gasteiger partial charge is 0.0123 e. The number of rotatable bonds is 1. The molecule has 0 bridgehead atoms. The van der Waals surface area contributed by atoms with Crippen LogP contribution in [0.25, 0.3) is 11.1 Å². The van der Waals surface area contributed by atoms with E-state index in [1.807, 2.05) is 0 Å². The minimum atomic E-state index is 0.120. The second kappa shape index (κ2) is 5.57. The minimum absolute atomic E-state index is 0.120. The molecule has 0 unspecified atom stereocenters. The van der Waals surface area contributed by atoms with Crippen molar-refractivity contribution >= 4 is 0 Å². The Bertz CT molecular complexity index is 676. The topological polar surface area (TPSA) is 0 Å². The lowest BCUT2D eigenvalue weighted by atomic mass is 9.71. The molecule has 118 valence electrons. The fraction of sp³-hybridized carbons (Fsp3) is 0.455. The van der Waals surface area contributed by atoms with Crippen LogP contribution < -0.4 is 0 Å². The second-order valence-electron chi connectivity index (χ2n) is 8.60. The largest absolute Gasteiger partial charge is 0.0614 e. The Hall–Kier alpha value is -1.56. The summed E-state index contributed by atoms with van der Waals surface area (Å²) in [5.74, 6) is 0. The van der Waals surface area contributed by atoms with Gasteiger partial charge in [-0.05, 0) is 46.9 Å². The Balaban J connectivity index is 2.87. The maximum Gasteiger partial charge on any atom is -0.0123 e. The minimum Gasteiger partial charge on any atom is -0.0614 e. The van der Waals surface area contributed by atoms with E-state index in [0.717, 1.165) is 0 Å². The predicted octanol–water partition coefficient (Wildman–Crippen LogP) is 6.57. The van der Waals surface area contributed by atoms with Crippen LogP contribution in [-0.2, 0) is 10.8 Å². The van der Waals surface area contributed by atoms with Crippen molar-refractivity contribution in [2.45, 2.75) is 66.2 Å². The van der Waals surface area contributed by atoms with Crippen LogP contribution in [0, 0.1) is 13.8 Å². The molecule has 0 saturated carbocycles. The van der Waals surface area contributed by atoms with E-state index in [-0.39, 0.29) is 10.8 Å². The van der Waals surface area contributed by atoms with Crippen molar-refractivity contribution in [3.05, 3.63) is 58.7 Å². The molecule has 0 spiro atoms. The molecule has 0 N–H and O–H groups in total. The standard InChI is InChI=1S/C22H30/c1-15-10-9-11-17(12-15)18-13-16(2)14-19(21(3,4)5)20(18)22(6,7)8/h9-14H,1-8H3. The van der Waals surface area contributed by atoms with Crippen LogP contribution in [-0.4, -0.2) is 0 Å². The van der Waals surface area contributed by atoms with Gasteiger partial charge in [-0.25, -0.2) is 0 Å². The van der Waals surface area contributed by atoms with Gasteiger partial charge in [0, 0.05) is 0 Å². The van der Waals surface area contributed by atoms with Crippen LogP contribution >= 0.6 is 0 Å². The fourth-order valence-corrected chi connectivity index (χ4v) is 3.23. The first-order valence-corrected chi connectivity index (χ1v) is 8.23. The average molecular weight is 294 g/mol. The molecular weight excluding hydrogens is 264 g/mol. The van der Waals surface area contributed by atoms with Crippen LogP contribution in [0.4, 0.5) is 0 Å². The number of hydrogen-bond donors (Lipinski definition) is 0. The average Bonchev–Trinajstić information content (AvgIpc) is 2.35. The normalized spacial score (nSPS) is 12.5. The van der Waals surface area contributed by atoms with Crippen LogP contribution in [0.3, 0.4) is 0 Å². The molecule has 0 aromatic heterocycles. The van der Waals surface area contributed by atoms with Crippen LogP contribution in [0.15, 0.2) is 36.4 Å². The van der Waals surface area contributed by atoms with Gasteiger partial charge in [-0.1, -0.05) is 89.1 Å². The second-order valence-corrected chi connectivity index (χ2v) is 8.60. The number of aryl methyl sites for hydroxylation is 2. The molecule has 2 aromatic rings. The highest BCUT2D eigenvalue weighted by Gasteiger charge is 2.28. The van der Waals surface area contributed by atoms with Crippen molar-refractivity contribution in [1.29, 1.82) is 0 Å². The molecule has 0 heterocycles. The van der Waals surface area contributed by atoms with Crippen molar-refractivity contribution in [3.63, 3.8) is 0 Å². The Morgan fingerprint density at radius 1 is 0.682 bits per heavy atom. The SMILES string of the molecule is Cc1cccc(-c2cc(C)cc(C(C)(C)C)c2C(C)(C)C)c1. The summed E-state index contributed by atoms with van der Waals surface area (Å²) in [6.45, 7) is 18.3. The lowest BCUT2D eigenvalue weighted by molar-refractivity contribution is 0.531. The van der Waals surface area contributed by atoms with Gasteiger partial charge in [0.2, 0.25) is 0 Å². The lowest BCUT2D eigenvalue weighted by Gasteiger charge is -2.33. The van der Waals surface area contributed by atoms with Crippen molar-refractivity contribution in [3.8, 4) is 11.1 Å². The van der Waals surface area contributed by atoms with Gasteiger partial charge in [0.05, 0.1) is 0 Å². The van der Waals surface area contributed by atoms with Gasteiger partial charge in [0.1, 0.15) is 0 Å². The number of benzene rings is 2. The van der Waals surface area contributed by atoms with Gasteiger partial charge >= 0.3 is 0 Å². The highest BCUT2D eigenvalue weighted by atomic mass is 14.3. The first-order valence-electron chi connectivity index (χ1n) is 8.23. The van der Waals surface area contributed by atoms with E-state index in [9.17, 15) is 0 Å². The molecule has 0 aliphatic carbocycles. The van der Waals surface area contributed by atoms with Gasteiger partial charge < -0.3 is 0 Å². The Kier molecular flexibility index (Phi) is 4.26. The molecule has 2 rings (SSSR count). The van der Waals surface area contributed by atoms with Crippen molar-refractivity contribution in [1.82, 2.24) is 0 Å². The molecular formula is C22H30. The van der Waals surface area contributed by atoms with E-state index in [1.165, 1.54) is 33.4 Å². The summed E-state index contributed by atoms with van der Waals surface area (Å²) in [7, 11) is 0. The quantitative estimate of drug-likeness (QED) is 0.558. The van der Waals surface area contributed by atoms with Gasteiger partial charge in [-0.15, -0.1) is 0 Å². The van der Waals surface area contributed by atoms with E-state index < -0.39 is 0 Å². The highest BCUT2D eigenvalue weighted by molar-refractivity contribution is 5.72. The molecule has 0 amide bonds. The lowest BCUT2D eigenvalue weighted by Crippen LogP contribution is -2.23. The molecule has 2 aromatic carbocycles. The molecule has 0 aliphatic heterocycles. The molecule has 0 heteroatoms. The zero-order valence-electron chi connectivity index (χ0n) is 15.5. The van der Waals surface area contributed by atoms with Crippen LogP contribution in [0.2, 0.25) is 0 Å². The number of hydrogen-bond acceptors (Lipinski definition) is 0. The third-order valence-corrected chi connectivity index (χ3v) is 4.17. The third-order valence-electron chi connectivity index (χ3n) is 4.17. The van der Waals surface area contributed by atoms with Gasteiger partial charge in [-0.3, -0.25) is 0 Å². The maximum absolute atomic E-state index is 2.37. The van der Waals surface area contributed by atoms with Crippen molar-refractivity contribution in [2.24, 2.45) is 0 Å². The van der Waals surface area contributed by atoms with Crippen molar-refractivity contribution in [2.75, 3.05) is 0 Å². The molecule has 0 saturated heterocycles. The Labute approximate surface area is 136 Å². The first kappa shape index (κ1) is 16.8. The van der Waals surface area contributed by atoms with Crippen LogP contribution in [0.5, 0.6) is 0 Å². The Morgan fingerprint density at radius 3 is 1.82 bits per heavy atom. The predicted molar refractivity (Wildman–Crippen MR) is 98.8 cm³/mol. The molecule has 0 fully saturated rings. The summed E-state index contributed by atoms with van der Waals surface area (Å²) >= 11 is 0. The third kappa shape index (κ3) is 3.43.